The zero-order valence-electron chi connectivity index (χ0n) is 15.2. The molecule has 0 radical (unpaired) electrons. The van der Waals surface area contributed by atoms with Crippen molar-refractivity contribution in [2.24, 2.45) is 0 Å². The van der Waals surface area contributed by atoms with Gasteiger partial charge in [0.1, 0.15) is 12.4 Å². The first-order valence-electron chi connectivity index (χ1n) is 9.39. The molecule has 1 heterocycles. The van der Waals surface area contributed by atoms with E-state index in [-0.39, 0.29) is 5.91 Å². The Balaban J connectivity index is 1.31. The highest BCUT2D eigenvalue weighted by Crippen LogP contribution is 2.22. The second kappa shape index (κ2) is 8.08. The number of hydrogen-bond acceptors (Lipinski definition) is 3. The van der Waals surface area contributed by atoms with Crippen LogP contribution < -0.4 is 10.1 Å². The van der Waals surface area contributed by atoms with Gasteiger partial charge in [0.25, 0.3) is 5.91 Å². The van der Waals surface area contributed by atoms with Crippen molar-refractivity contribution in [3.63, 3.8) is 0 Å². The first-order chi connectivity index (χ1) is 13.3. The predicted molar refractivity (Wildman–Crippen MR) is 104 cm³/mol. The van der Waals surface area contributed by atoms with Gasteiger partial charge in [-0.25, -0.2) is 0 Å². The van der Waals surface area contributed by atoms with Crippen LogP contribution in [0.3, 0.4) is 0 Å². The molecule has 0 fully saturated rings. The van der Waals surface area contributed by atoms with Crippen molar-refractivity contribution in [2.75, 3.05) is 0 Å². The second-order valence-corrected chi connectivity index (χ2v) is 6.84. The van der Waals surface area contributed by atoms with E-state index < -0.39 is 0 Å². The van der Waals surface area contributed by atoms with E-state index in [9.17, 15) is 4.79 Å². The fourth-order valence-corrected chi connectivity index (χ4v) is 3.37. The van der Waals surface area contributed by atoms with Crippen LogP contribution in [0.15, 0.2) is 54.6 Å². The Bertz CT molecular complexity index is 901. The minimum Gasteiger partial charge on any atom is -0.489 e. The average molecular weight is 361 g/mol. The summed E-state index contributed by atoms with van der Waals surface area (Å²) < 4.78 is 5.75. The Morgan fingerprint density at radius 2 is 1.74 bits per heavy atom. The molecule has 1 aliphatic rings. The maximum atomic E-state index is 12.5. The number of benzene rings is 2. The van der Waals surface area contributed by atoms with E-state index in [1.807, 2.05) is 54.6 Å². The lowest BCUT2D eigenvalue weighted by atomic mass is 9.96. The molecule has 1 amide bonds. The SMILES string of the molecule is O=C(NCc1ccc(COc2ccccc2)cc1)c1n[nH]c2c1CCCC2. The standard InChI is InChI=1S/C22H23N3O2/c26-22(21-19-8-4-5-9-20(19)24-25-21)23-14-16-10-12-17(13-11-16)15-27-18-6-2-1-3-7-18/h1-3,6-7,10-13H,4-5,8-9,14-15H2,(H,23,26)(H,24,25). The van der Waals surface area contributed by atoms with Crippen LogP contribution in [0.4, 0.5) is 0 Å². The molecule has 0 spiro atoms. The lowest BCUT2D eigenvalue weighted by Gasteiger charge is -2.11. The van der Waals surface area contributed by atoms with Crippen molar-refractivity contribution in [1.82, 2.24) is 15.5 Å². The minimum absolute atomic E-state index is 0.106. The Kier molecular flexibility index (Phi) is 5.19. The van der Waals surface area contributed by atoms with Gasteiger partial charge in [-0.2, -0.15) is 5.10 Å². The molecule has 2 N–H and O–H groups in total. The van der Waals surface area contributed by atoms with Gasteiger partial charge in [0.2, 0.25) is 0 Å². The molecule has 1 aromatic heterocycles. The largest absolute Gasteiger partial charge is 0.489 e. The van der Waals surface area contributed by atoms with Crippen molar-refractivity contribution in [2.45, 2.75) is 38.8 Å². The number of rotatable bonds is 6. The lowest BCUT2D eigenvalue weighted by Crippen LogP contribution is -2.24. The summed E-state index contributed by atoms with van der Waals surface area (Å²) in [5.74, 6) is 0.752. The van der Waals surface area contributed by atoms with Gasteiger partial charge in [-0.05, 0) is 48.9 Å². The molecule has 1 aliphatic carbocycles. The summed E-state index contributed by atoms with van der Waals surface area (Å²) in [5, 5.41) is 10.2. The molecule has 0 atom stereocenters. The van der Waals surface area contributed by atoms with E-state index in [2.05, 4.69) is 15.5 Å². The maximum absolute atomic E-state index is 12.5. The van der Waals surface area contributed by atoms with E-state index in [4.69, 9.17) is 4.74 Å². The number of carbonyl (C=O) groups is 1. The van der Waals surface area contributed by atoms with E-state index in [0.717, 1.165) is 53.8 Å². The summed E-state index contributed by atoms with van der Waals surface area (Å²) in [4.78, 5) is 12.5. The second-order valence-electron chi connectivity index (χ2n) is 6.84. The highest BCUT2D eigenvalue weighted by atomic mass is 16.5. The number of carbonyl (C=O) groups excluding carboxylic acids is 1. The number of aryl methyl sites for hydroxylation is 1. The fraction of sp³-hybridized carbons (Fsp3) is 0.273. The third-order valence-electron chi connectivity index (χ3n) is 4.90. The normalized spacial score (nSPS) is 13.0. The highest BCUT2D eigenvalue weighted by Gasteiger charge is 2.21. The van der Waals surface area contributed by atoms with Crippen molar-refractivity contribution < 1.29 is 9.53 Å². The summed E-state index contributed by atoms with van der Waals surface area (Å²) in [6.07, 6.45) is 4.21. The molecule has 0 unspecified atom stereocenters. The minimum atomic E-state index is -0.106. The smallest absolute Gasteiger partial charge is 0.272 e. The number of para-hydroxylation sites is 1. The summed E-state index contributed by atoms with van der Waals surface area (Å²) >= 11 is 0. The molecule has 0 bridgehead atoms. The molecule has 4 rings (SSSR count). The summed E-state index contributed by atoms with van der Waals surface area (Å²) in [7, 11) is 0. The third-order valence-corrected chi connectivity index (χ3v) is 4.90. The molecule has 5 heteroatoms. The monoisotopic (exact) mass is 361 g/mol. The number of hydrogen-bond donors (Lipinski definition) is 2. The molecule has 0 aliphatic heterocycles. The summed E-state index contributed by atoms with van der Waals surface area (Å²) in [5.41, 5.74) is 4.91. The molecule has 5 nitrogen and oxygen atoms in total. The van der Waals surface area contributed by atoms with E-state index in [1.54, 1.807) is 0 Å². The van der Waals surface area contributed by atoms with E-state index >= 15 is 0 Å². The van der Waals surface area contributed by atoms with Crippen LogP contribution in [0.25, 0.3) is 0 Å². The van der Waals surface area contributed by atoms with Crippen molar-refractivity contribution in [1.29, 1.82) is 0 Å². The van der Waals surface area contributed by atoms with Gasteiger partial charge in [0.15, 0.2) is 5.69 Å². The fourth-order valence-electron chi connectivity index (χ4n) is 3.37. The molecule has 2 aromatic carbocycles. The summed E-state index contributed by atoms with van der Waals surface area (Å²) in [6.45, 7) is 1.01. The van der Waals surface area contributed by atoms with Crippen LogP contribution in [0, 0.1) is 0 Å². The van der Waals surface area contributed by atoms with Gasteiger partial charge in [-0.1, -0.05) is 42.5 Å². The molecule has 0 saturated carbocycles. The molecule has 3 aromatic rings. The van der Waals surface area contributed by atoms with Crippen LogP contribution >= 0.6 is 0 Å². The van der Waals surface area contributed by atoms with Gasteiger partial charge in [-0.15, -0.1) is 0 Å². The van der Waals surface area contributed by atoms with Crippen molar-refractivity contribution >= 4 is 5.91 Å². The number of nitrogens with zero attached hydrogens (tertiary/aromatic N) is 1. The summed E-state index contributed by atoms with van der Waals surface area (Å²) in [6, 6.07) is 17.9. The average Bonchev–Trinajstić information content (AvgIpc) is 3.16. The van der Waals surface area contributed by atoms with Crippen LogP contribution in [0.5, 0.6) is 5.75 Å². The van der Waals surface area contributed by atoms with Gasteiger partial charge < -0.3 is 10.1 Å². The van der Waals surface area contributed by atoms with Gasteiger partial charge in [-0.3, -0.25) is 9.89 Å². The Labute approximate surface area is 158 Å². The van der Waals surface area contributed by atoms with Crippen molar-refractivity contribution in [3.05, 3.63) is 82.7 Å². The van der Waals surface area contributed by atoms with Gasteiger partial charge in [0, 0.05) is 17.8 Å². The molecule has 0 saturated heterocycles. The maximum Gasteiger partial charge on any atom is 0.272 e. The molecule has 138 valence electrons. The first-order valence-corrected chi connectivity index (χ1v) is 9.39. The predicted octanol–water partition coefficient (Wildman–Crippen LogP) is 3.80. The molecular weight excluding hydrogens is 338 g/mol. The number of fused-ring (bicyclic) bond motifs is 1. The van der Waals surface area contributed by atoms with Crippen LogP contribution in [-0.4, -0.2) is 16.1 Å². The Morgan fingerprint density at radius 3 is 2.56 bits per heavy atom. The number of aromatic nitrogens is 2. The van der Waals surface area contributed by atoms with Crippen LogP contribution in [-0.2, 0) is 26.0 Å². The van der Waals surface area contributed by atoms with Crippen molar-refractivity contribution in [3.8, 4) is 5.75 Å². The topological polar surface area (TPSA) is 67.0 Å². The first kappa shape index (κ1) is 17.3. The number of aromatic amines is 1. The molecule has 27 heavy (non-hydrogen) atoms. The van der Waals surface area contributed by atoms with Gasteiger partial charge >= 0.3 is 0 Å². The zero-order valence-corrected chi connectivity index (χ0v) is 15.2. The number of amides is 1. The van der Waals surface area contributed by atoms with Crippen LogP contribution in [0.1, 0.15) is 45.7 Å². The zero-order chi connectivity index (χ0) is 18.5. The number of nitrogens with one attached hydrogen (secondary N) is 2. The third kappa shape index (κ3) is 4.19. The number of H-pyrrole nitrogens is 1. The van der Waals surface area contributed by atoms with E-state index in [0.29, 0.717) is 18.8 Å². The van der Waals surface area contributed by atoms with Crippen LogP contribution in [0.2, 0.25) is 0 Å². The Hall–Kier alpha value is -3.08. The lowest BCUT2D eigenvalue weighted by molar-refractivity contribution is 0.0945. The number of ether oxygens (including phenoxy) is 1. The van der Waals surface area contributed by atoms with Gasteiger partial charge in [0.05, 0.1) is 0 Å². The highest BCUT2D eigenvalue weighted by molar-refractivity contribution is 5.94. The Morgan fingerprint density at radius 1 is 1.00 bits per heavy atom. The van der Waals surface area contributed by atoms with E-state index in [1.165, 1.54) is 0 Å². The molecular formula is C22H23N3O2. The quantitative estimate of drug-likeness (QED) is 0.702.